The fourth-order valence-electron chi connectivity index (χ4n) is 1.33. The highest BCUT2D eigenvalue weighted by atomic mass is 16.2. The monoisotopic (exact) mass is 204 g/mol. The first-order valence-corrected chi connectivity index (χ1v) is 4.90. The zero-order valence-corrected chi connectivity index (χ0v) is 8.94. The molecule has 0 saturated carbocycles. The summed E-state index contributed by atoms with van der Waals surface area (Å²) in [4.78, 5) is 13.4. The van der Waals surface area contributed by atoms with E-state index in [2.05, 4.69) is 11.9 Å². The number of benzene rings is 1. The van der Waals surface area contributed by atoms with Gasteiger partial charge in [-0.2, -0.15) is 0 Å². The Bertz CT molecular complexity index is 322. The van der Waals surface area contributed by atoms with Gasteiger partial charge in [0, 0.05) is 12.2 Å². The molecule has 1 aromatic rings. The van der Waals surface area contributed by atoms with Crippen LogP contribution in [0.3, 0.4) is 0 Å². The number of hydrogen-bond acceptors (Lipinski definition) is 2. The summed E-state index contributed by atoms with van der Waals surface area (Å²) in [5.41, 5.74) is 0.901. The van der Waals surface area contributed by atoms with E-state index < -0.39 is 0 Å². The van der Waals surface area contributed by atoms with Gasteiger partial charge < -0.3 is 10.2 Å². The van der Waals surface area contributed by atoms with Gasteiger partial charge >= 0.3 is 0 Å². The quantitative estimate of drug-likeness (QED) is 0.736. The van der Waals surface area contributed by atoms with Crippen molar-refractivity contribution in [3.63, 3.8) is 0 Å². The van der Waals surface area contributed by atoms with E-state index in [0.29, 0.717) is 13.1 Å². The first-order valence-electron chi connectivity index (χ1n) is 4.90. The molecule has 3 heteroatoms. The van der Waals surface area contributed by atoms with Crippen LogP contribution in [0.1, 0.15) is 0 Å². The summed E-state index contributed by atoms with van der Waals surface area (Å²) in [7, 11) is 1.76. The maximum atomic E-state index is 11.7. The Morgan fingerprint density at radius 2 is 2.13 bits per heavy atom. The lowest BCUT2D eigenvalue weighted by molar-refractivity contribution is -0.117. The Balaban J connectivity index is 2.82. The zero-order valence-electron chi connectivity index (χ0n) is 8.94. The van der Waals surface area contributed by atoms with E-state index in [4.69, 9.17) is 0 Å². The van der Waals surface area contributed by atoms with Gasteiger partial charge in [-0.1, -0.05) is 24.3 Å². The van der Waals surface area contributed by atoms with Gasteiger partial charge in [0.1, 0.15) is 0 Å². The van der Waals surface area contributed by atoms with Crippen molar-refractivity contribution < 1.29 is 4.79 Å². The van der Waals surface area contributed by atoms with E-state index in [1.807, 2.05) is 30.3 Å². The molecule has 0 aliphatic rings. The Labute approximate surface area is 90.4 Å². The second-order valence-electron chi connectivity index (χ2n) is 3.16. The lowest BCUT2D eigenvalue weighted by Crippen LogP contribution is -2.37. The Kier molecular flexibility index (Phi) is 4.57. The van der Waals surface area contributed by atoms with Crippen molar-refractivity contribution >= 4 is 11.6 Å². The average Bonchev–Trinajstić information content (AvgIpc) is 2.27. The van der Waals surface area contributed by atoms with Gasteiger partial charge in [-0.05, 0) is 19.2 Å². The number of carbonyl (C=O) groups is 1. The number of anilines is 1. The summed E-state index contributed by atoms with van der Waals surface area (Å²) < 4.78 is 0. The van der Waals surface area contributed by atoms with Gasteiger partial charge in [0.25, 0.3) is 0 Å². The van der Waals surface area contributed by atoms with E-state index in [-0.39, 0.29) is 5.91 Å². The third kappa shape index (κ3) is 3.22. The molecule has 0 radical (unpaired) electrons. The topological polar surface area (TPSA) is 32.3 Å². The fraction of sp³-hybridized carbons (Fsp3) is 0.250. The number of nitrogens with one attached hydrogen (secondary N) is 1. The molecule has 0 unspecified atom stereocenters. The average molecular weight is 204 g/mol. The summed E-state index contributed by atoms with van der Waals surface area (Å²) in [6, 6.07) is 9.59. The summed E-state index contributed by atoms with van der Waals surface area (Å²) >= 11 is 0. The number of hydrogen-bond donors (Lipinski definition) is 1. The molecule has 1 amide bonds. The number of carbonyl (C=O) groups excluding carboxylic acids is 1. The number of nitrogens with zero attached hydrogens (tertiary/aromatic N) is 1. The second kappa shape index (κ2) is 5.98. The summed E-state index contributed by atoms with van der Waals surface area (Å²) in [6.45, 7) is 4.52. The zero-order chi connectivity index (χ0) is 11.1. The standard InChI is InChI=1S/C12H16N2O/c1-3-9-14(12(15)10-13-2)11-7-5-4-6-8-11/h3-8,13H,1,9-10H2,2H3. The number of para-hydroxylation sites is 1. The van der Waals surface area contributed by atoms with E-state index in [0.717, 1.165) is 5.69 Å². The predicted octanol–water partition coefficient (Wildman–Crippen LogP) is 1.42. The minimum absolute atomic E-state index is 0.0450. The van der Waals surface area contributed by atoms with Crippen molar-refractivity contribution in [2.45, 2.75) is 0 Å². The van der Waals surface area contributed by atoms with Crippen LogP contribution in [-0.2, 0) is 4.79 Å². The first-order chi connectivity index (χ1) is 7.29. The molecule has 15 heavy (non-hydrogen) atoms. The molecule has 0 heterocycles. The molecule has 1 aromatic carbocycles. The molecule has 0 aromatic heterocycles. The third-order valence-electron chi connectivity index (χ3n) is 2.01. The van der Waals surface area contributed by atoms with Gasteiger partial charge in [0.05, 0.1) is 6.54 Å². The fourth-order valence-corrected chi connectivity index (χ4v) is 1.33. The van der Waals surface area contributed by atoms with Gasteiger partial charge in [-0.15, -0.1) is 6.58 Å². The molecule has 0 atom stereocenters. The highest BCUT2D eigenvalue weighted by molar-refractivity contribution is 5.94. The van der Waals surface area contributed by atoms with Crippen molar-refractivity contribution in [3.8, 4) is 0 Å². The lowest BCUT2D eigenvalue weighted by Gasteiger charge is -2.20. The molecular formula is C12H16N2O. The van der Waals surface area contributed by atoms with Gasteiger partial charge in [-0.3, -0.25) is 4.79 Å². The third-order valence-corrected chi connectivity index (χ3v) is 2.01. The highest BCUT2D eigenvalue weighted by Crippen LogP contribution is 2.12. The van der Waals surface area contributed by atoms with Crippen molar-refractivity contribution in [2.75, 3.05) is 25.0 Å². The van der Waals surface area contributed by atoms with Crippen LogP contribution in [0.5, 0.6) is 0 Å². The molecule has 0 fully saturated rings. The van der Waals surface area contributed by atoms with Gasteiger partial charge in [0.15, 0.2) is 0 Å². The Morgan fingerprint density at radius 3 is 2.67 bits per heavy atom. The molecular weight excluding hydrogens is 188 g/mol. The molecule has 0 aliphatic heterocycles. The second-order valence-corrected chi connectivity index (χ2v) is 3.16. The van der Waals surface area contributed by atoms with Crippen molar-refractivity contribution in [2.24, 2.45) is 0 Å². The van der Waals surface area contributed by atoms with Crippen LogP contribution in [0.4, 0.5) is 5.69 Å². The van der Waals surface area contributed by atoms with Crippen LogP contribution < -0.4 is 10.2 Å². The molecule has 0 bridgehead atoms. The van der Waals surface area contributed by atoms with Crippen LogP contribution in [0.25, 0.3) is 0 Å². The summed E-state index contributed by atoms with van der Waals surface area (Å²) in [5, 5.41) is 2.85. The Morgan fingerprint density at radius 1 is 1.47 bits per heavy atom. The summed E-state index contributed by atoms with van der Waals surface area (Å²) in [6.07, 6.45) is 1.72. The van der Waals surface area contributed by atoms with E-state index in [1.165, 1.54) is 0 Å². The predicted molar refractivity (Wildman–Crippen MR) is 62.9 cm³/mol. The molecule has 0 aliphatic carbocycles. The number of likely N-dealkylation sites (N-methyl/N-ethyl adjacent to an activating group) is 1. The van der Waals surface area contributed by atoms with Crippen molar-refractivity contribution in [1.29, 1.82) is 0 Å². The smallest absolute Gasteiger partial charge is 0.241 e. The van der Waals surface area contributed by atoms with Crippen molar-refractivity contribution in [1.82, 2.24) is 5.32 Å². The van der Waals surface area contributed by atoms with Crippen LogP contribution in [0, 0.1) is 0 Å². The van der Waals surface area contributed by atoms with Crippen LogP contribution in [-0.4, -0.2) is 26.0 Å². The highest BCUT2D eigenvalue weighted by Gasteiger charge is 2.12. The van der Waals surface area contributed by atoms with Gasteiger partial charge in [-0.25, -0.2) is 0 Å². The van der Waals surface area contributed by atoms with Crippen LogP contribution in [0.2, 0.25) is 0 Å². The molecule has 80 valence electrons. The Hall–Kier alpha value is -1.61. The minimum atomic E-state index is 0.0450. The normalized spacial score (nSPS) is 9.67. The van der Waals surface area contributed by atoms with E-state index in [9.17, 15) is 4.79 Å². The SMILES string of the molecule is C=CCN(C(=O)CNC)c1ccccc1. The first kappa shape index (κ1) is 11.5. The lowest BCUT2D eigenvalue weighted by atomic mass is 10.3. The molecule has 1 N–H and O–H groups in total. The van der Waals surface area contributed by atoms with E-state index in [1.54, 1.807) is 18.0 Å². The molecule has 3 nitrogen and oxygen atoms in total. The summed E-state index contributed by atoms with van der Waals surface area (Å²) in [5.74, 6) is 0.0450. The number of amides is 1. The van der Waals surface area contributed by atoms with Gasteiger partial charge in [0.2, 0.25) is 5.91 Å². The van der Waals surface area contributed by atoms with E-state index >= 15 is 0 Å². The molecule has 0 spiro atoms. The number of rotatable bonds is 5. The van der Waals surface area contributed by atoms with Crippen LogP contribution in [0.15, 0.2) is 43.0 Å². The maximum Gasteiger partial charge on any atom is 0.241 e. The van der Waals surface area contributed by atoms with Crippen LogP contribution >= 0.6 is 0 Å². The maximum absolute atomic E-state index is 11.7. The molecule has 1 rings (SSSR count). The van der Waals surface area contributed by atoms with Crippen molar-refractivity contribution in [3.05, 3.63) is 43.0 Å². The minimum Gasteiger partial charge on any atom is -0.311 e. The largest absolute Gasteiger partial charge is 0.311 e. The molecule has 0 saturated heterocycles.